The van der Waals surface area contributed by atoms with E-state index in [2.05, 4.69) is 6.55 Å². The smallest absolute Gasteiger partial charge is 0.334 e. The molecule has 0 aliphatic carbocycles. The van der Waals surface area contributed by atoms with Gasteiger partial charge in [0, 0.05) is 26.2 Å². The third kappa shape index (κ3) is 7.42. The lowest BCUT2D eigenvalue weighted by atomic mass is 10.2. The van der Waals surface area contributed by atoms with Gasteiger partial charge in [0.15, 0.2) is 6.29 Å². The zero-order valence-corrected chi connectivity index (χ0v) is 13.8. The largest absolute Gasteiger partial charge is 0.395 e. The van der Waals surface area contributed by atoms with Gasteiger partial charge < -0.3 is 18.3 Å². The first-order chi connectivity index (χ1) is 9.20. The molecule has 0 aromatic carbocycles. The zero-order chi connectivity index (χ0) is 14.0. The molecule has 114 valence electrons. The molecule has 0 aromatic rings. The van der Waals surface area contributed by atoms with Crippen molar-refractivity contribution in [2.75, 3.05) is 26.4 Å². The SMILES string of the molecule is CCO[Si](C)(CCCCCCOC1CCO1)OCC. The molecule has 1 heterocycles. The molecule has 1 rings (SSSR count). The highest BCUT2D eigenvalue weighted by molar-refractivity contribution is 6.66. The second-order valence-electron chi connectivity index (χ2n) is 5.12. The van der Waals surface area contributed by atoms with Gasteiger partial charge in [-0.1, -0.05) is 19.3 Å². The molecular formula is C14H30O4Si. The zero-order valence-electron chi connectivity index (χ0n) is 12.8. The Hall–Kier alpha value is 0.0569. The van der Waals surface area contributed by atoms with E-state index in [4.69, 9.17) is 18.3 Å². The third-order valence-electron chi connectivity index (χ3n) is 3.39. The molecule has 0 N–H and O–H groups in total. The van der Waals surface area contributed by atoms with Crippen molar-refractivity contribution in [2.45, 2.75) is 64.8 Å². The van der Waals surface area contributed by atoms with Crippen molar-refractivity contribution in [3.05, 3.63) is 0 Å². The van der Waals surface area contributed by atoms with E-state index in [0.717, 1.165) is 45.3 Å². The third-order valence-corrected chi connectivity index (χ3v) is 6.45. The van der Waals surface area contributed by atoms with Crippen molar-refractivity contribution >= 4 is 8.56 Å². The lowest BCUT2D eigenvalue weighted by Crippen LogP contribution is -2.38. The summed E-state index contributed by atoms with van der Waals surface area (Å²) >= 11 is 0. The van der Waals surface area contributed by atoms with E-state index in [1.54, 1.807) is 0 Å². The second-order valence-corrected chi connectivity index (χ2v) is 8.47. The first-order valence-corrected chi connectivity index (χ1v) is 10.2. The van der Waals surface area contributed by atoms with Gasteiger partial charge in [0.2, 0.25) is 0 Å². The number of ether oxygens (including phenoxy) is 2. The van der Waals surface area contributed by atoms with Gasteiger partial charge in [-0.05, 0) is 32.9 Å². The maximum atomic E-state index is 5.83. The Kier molecular flexibility index (Phi) is 8.90. The highest BCUT2D eigenvalue weighted by Crippen LogP contribution is 2.19. The standard InChI is InChI=1S/C14H30O4Si/c1-4-17-19(3,18-5-2)13-9-7-6-8-11-15-14-10-12-16-14/h14H,4-13H2,1-3H3. The molecule has 0 radical (unpaired) electrons. The molecule has 1 atom stereocenters. The van der Waals surface area contributed by atoms with Gasteiger partial charge in [-0.25, -0.2) is 0 Å². The molecular weight excluding hydrogens is 260 g/mol. The number of rotatable bonds is 12. The summed E-state index contributed by atoms with van der Waals surface area (Å²) in [6.45, 7) is 9.49. The van der Waals surface area contributed by atoms with Gasteiger partial charge in [-0.3, -0.25) is 0 Å². The Morgan fingerprint density at radius 3 is 2.21 bits per heavy atom. The molecule has 0 saturated carbocycles. The van der Waals surface area contributed by atoms with Crippen LogP contribution in [0.3, 0.4) is 0 Å². The highest BCUT2D eigenvalue weighted by atomic mass is 28.4. The lowest BCUT2D eigenvalue weighted by molar-refractivity contribution is -0.214. The van der Waals surface area contributed by atoms with Gasteiger partial charge in [-0.15, -0.1) is 0 Å². The van der Waals surface area contributed by atoms with Crippen molar-refractivity contribution in [1.82, 2.24) is 0 Å². The van der Waals surface area contributed by atoms with E-state index in [-0.39, 0.29) is 6.29 Å². The molecule has 1 saturated heterocycles. The minimum Gasteiger partial charge on any atom is -0.395 e. The summed E-state index contributed by atoms with van der Waals surface area (Å²) in [7, 11) is -1.88. The van der Waals surface area contributed by atoms with Gasteiger partial charge in [0.05, 0.1) is 6.61 Å². The second kappa shape index (κ2) is 9.88. The first-order valence-electron chi connectivity index (χ1n) is 7.71. The van der Waals surface area contributed by atoms with Crippen molar-refractivity contribution < 1.29 is 18.3 Å². The normalized spacial score (nSPS) is 19.4. The monoisotopic (exact) mass is 290 g/mol. The molecule has 1 aliphatic heterocycles. The van der Waals surface area contributed by atoms with E-state index >= 15 is 0 Å². The Morgan fingerprint density at radius 2 is 1.68 bits per heavy atom. The Labute approximate surface area is 119 Å². The van der Waals surface area contributed by atoms with Crippen molar-refractivity contribution in [1.29, 1.82) is 0 Å². The van der Waals surface area contributed by atoms with Crippen LogP contribution in [0.25, 0.3) is 0 Å². The molecule has 0 bridgehead atoms. The van der Waals surface area contributed by atoms with E-state index in [1.807, 2.05) is 13.8 Å². The van der Waals surface area contributed by atoms with Crippen LogP contribution in [0.4, 0.5) is 0 Å². The van der Waals surface area contributed by atoms with Crippen LogP contribution in [0.2, 0.25) is 12.6 Å². The van der Waals surface area contributed by atoms with Crippen LogP contribution >= 0.6 is 0 Å². The quantitative estimate of drug-likeness (QED) is 0.407. The first kappa shape index (κ1) is 17.1. The van der Waals surface area contributed by atoms with Gasteiger partial charge in [0.25, 0.3) is 0 Å². The molecule has 19 heavy (non-hydrogen) atoms. The topological polar surface area (TPSA) is 36.9 Å². The van der Waals surface area contributed by atoms with E-state index in [0.29, 0.717) is 0 Å². The van der Waals surface area contributed by atoms with Crippen LogP contribution in [-0.2, 0) is 18.3 Å². The Balaban J connectivity index is 1.95. The Morgan fingerprint density at radius 1 is 1.05 bits per heavy atom. The van der Waals surface area contributed by atoms with Crippen LogP contribution in [0.15, 0.2) is 0 Å². The molecule has 1 fully saturated rings. The average Bonchev–Trinajstić information content (AvgIpc) is 2.31. The number of unbranched alkanes of at least 4 members (excludes halogenated alkanes) is 3. The summed E-state index contributed by atoms with van der Waals surface area (Å²) in [5, 5.41) is 0. The minimum absolute atomic E-state index is 0.0895. The average molecular weight is 290 g/mol. The minimum atomic E-state index is -1.88. The molecule has 1 aliphatic rings. The molecule has 0 aromatic heterocycles. The fraction of sp³-hybridized carbons (Fsp3) is 1.00. The van der Waals surface area contributed by atoms with Crippen LogP contribution < -0.4 is 0 Å². The molecule has 4 nitrogen and oxygen atoms in total. The van der Waals surface area contributed by atoms with Crippen LogP contribution in [-0.4, -0.2) is 41.3 Å². The summed E-state index contributed by atoms with van der Waals surface area (Å²) in [6, 6.07) is 1.10. The van der Waals surface area contributed by atoms with Crippen LogP contribution in [0.5, 0.6) is 0 Å². The maximum absolute atomic E-state index is 5.83. The summed E-state index contributed by atoms with van der Waals surface area (Å²) in [4.78, 5) is 0. The van der Waals surface area contributed by atoms with Crippen molar-refractivity contribution in [2.24, 2.45) is 0 Å². The predicted octanol–water partition coefficient (Wildman–Crippen LogP) is 3.45. The summed E-state index contributed by atoms with van der Waals surface area (Å²) in [5.41, 5.74) is 0. The summed E-state index contributed by atoms with van der Waals surface area (Å²) < 4.78 is 22.4. The molecule has 0 spiro atoms. The van der Waals surface area contributed by atoms with E-state index in [9.17, 15) is 0 Å². The van der Waals surface area contributed by atoms with Gasteiger partial charge in [0.1, 0.15) is 0 Å². The summed E-state index contributed by atoms with van der Waals surface area (Å²) in [6.07, 6.45) is 5.93. The number of hydrogen-bond acceptors (Lipinski definition) is 4. The summed E-state index contributed by atoms with van der Waals surface area (Å²) in [5.74, 6) is 0. The lowest BCUT2D eigenvalue weighted by Gasteiger charge is -2.26. The van der Waals surface area contributed by atoms with Gasteiger partial charge >= 0.3 is 8.56 Å². The van der Waals surface area contributed by atoms with Crippen molar-refractivity contribution in [3.8, 4) is 0 Å². The maximum Gasteiger partial charge on any atom is 0.334 e. The fourth-order valence-corrected chi connectivity index (χ4v) is 4.74. The van der Waals surface area contributed by atoms with E-state index in [1.165, 1.54) is 19.3 Å². The van der Waals surface area contributed by atoms with Gasteiger partial charge in [-0.2, -0.15) is 0 Å². The Bertz CT molecular complexity index is 215. The predicted molar refractivity (Wildman–Crippen MR) is 78.5 cm³/mol. The highest BCUT2D eigenvalue weighted by Gasteiger charge is 2.29. The fourth-order valence-electron chi connectivity index (χ4n) is 2.26. The van der Waals surface area contributed by atoms with Crippen molar-refractivity contribution in [3.63, 3.8) is 0 Å². The number of hydrogen-bond donors (Lipinski definition) is 0. The molecule has 1 unspecified atom stereocenters. The van der Waals surface area contributed by atoms with E-state index < -0.39 is 8.56 Å². The molecule has 5 heteroatoms. The molecule has 0 amide bonds. The van der Waals surface area contributed by atoms with Crippen LogP contribution in [0, 0.1) is 0 Å². The van der Waals surface area contributed by atoms with Crippen LogP contribution in [0.1, 0.15) is 46.0 Å².